The van der Waals surface area contributed by atoms with Gasteiger partial charge in [0.05, 0.1) is 5.69 Å². The first-order valence-corrected chi connectivity index (χ1v) is 4.61. The highest BCUT2D eigenvalue weighted by molar-refractivity contribution is 6.28. The quantitative estimate of drug-likeness (QED) is 0.647. The number of aromatic nitrogens is 2. The van der Waals surface area contributed by atoms with Crippen LogP contribution in [0.4, 0.5) is 13.2 Å². The molecule has 0 saturated carbocycles. The van der Waals surface area contributed by atoms with Gasteiger partial charge in [0.15, 0.2) is 0 Å². The Morgan fingerprint density at radius 3 is 1.93 bits per heavy atom. The molecule has 0 aliphatic heterocycles. The van der Waals surface area contributed by atoms with Gasteiger partial charge in [0.2, 0.25) is 5.28 Å². The molecule has 1 aromatic heterocycles. The van der Waals surface area contributed by atoms with Crippen molar-refractivity contribution < 1.29 is 13.2 Å². The van der Waals surface area contributed by atoms with Crippen LogP contribution in [0, 0.1) is 0 Å². The number of hydrogen-bond donors (Lipinski definition) is 0. The molecule has 0 radical (unpaired) electrons. The first-order valence-electron chi connectivity index (χ1n) is 4.23. The standard InChI is InChI=1S/C9H10ClF3N2/c1-8(2,3)5-4-6(9(11,12)13)15-7(10)14-5/h4H,1-3H3. The molecule has 0 aromatic carbocycles. The van der Waals surface area contributed by atoms with Crippen LogP contribution >= 0.6 is 11.6 Å². The second-order valence-corrected chi connectivity index (χ2v) is 4.49. The summed E-state index contributed by atoms with van der Waals surface area (Å²) in [5.74, 6) is 0. The van der Waals surface area contributed by atoms with Crippen LogP contribution < -0.4 is 0 Å². The zero-order chi connectivity index (χ0) is 11.9. The van der Waals surface area contributed by atoms with E-state index >= 15 is 0 Å². The SMILES string of the molecule is CC(C)(C)c1cc(C(F)(F)F)nc(Cl)n1. The van der Waals surface area contributed by atoms with Crippen LogP contribution in [0.5, 0.6) is 0 Å². The highest BCUT2D eigenvalue weighted by atomic mass is 35.5. The molecule has 0 fully saturated rings. The van der Waals surface area contributed by atoms with Crippen molar-refractivity contribution in [1.82, 2.24) is 9.97 Å². The van der Waals surface area contributed by atoms with Crippen LogP contribution in [0.15, 0.2) is 6.07 Å². The third kappa shape index (κ3) is 3.06. The van der Waals surface area contributed by atoms with Gasteiger partial charge in [-0.3, -0.25) is 0 Å². The lowest BCUT2D eigenvalue weighted by Crippen LogP contribution is -2.17. The molecule has 6 heteroatoms. The number of alkyl halides is 3. The van der Waals surface area contributed by atoms with Crippen molar-refractivity contribution in [3.63, 3.8) is 0 Å². The van der Waals surface area contributed by atoms with Gasteiger partial charge in [-0.15, -0.1) is 0 Å². The van der Waals surface area contributed by atoms with Crippen molar-refractivity contribution in [2.24, 2.45) is 0 Å². The highest BCUT2D eigenvalue weighted by Gasteiger charge is 2.34. The zero-order valence-electron chi connectivity index (χ0n) is 8.48. The largest absolute Gasteiger partial charge is 0.433 e. The van der Waals surface area contributed by atoms with Gasteiger partial charge in [0, 0.05) is 5.41 Å². The van der Waals surface area contributed by atoms with Crippen LogP contribution in [0.25, 0.3) is 0 Å². The third-order valence-electron chi connectivity index (χ3n) is 1.76. The van der Waals surface area contributed by atoms with Gasteiger partial charge >= 0.3 is 6.18 Å². The van der Waals surface area contributed by atoms with Crippen LogP contribution in [-0.2, 0) is 11.6 Å². The minimum Gasteiger partial charge on any atom is -0.222 e. The molecule has 0 N–H and O–H groups in total. The topological polar surface area (TPSA) is 25.8 Å². The van der Waals surface area contributed by atoms with E-state index in [1.54, 1.807) is 20.8 Å². The van der Waals surface area contributed by atoms with Crippen LogP contribution in [0.3, 0.4) is 0 Å². The third-order valence-corrected chi connectivity index (χ3v) is 1.93. The summed E-state index contributed by atoms with van der Waals surface area (Å²) in [5, 5.41) is -0.380. The van der Waals surface area contributed by atoms with E-state index in [1.807, 2.05) is 0 Å². The molecular weight excluding hydrogens is 229 g/mol. The molecule has 15 heavy (non-hydrogen) atoms. The summed E-state index contributed by atoms with van der Waals surface area (Å²) in [7, 11) is 0. The van der Waals surface area contributed by atoms with Crippen molar-refractivity contribution in [1.29, 1.82) is 0 Å². The fourth-order valence-corrected chi connectivity index (χ4v) is 1.13. The second-order valence-electron chi connectivity index (χ2n) is 4.16. The van der Waals surface area contributed by atoms with Crippen molar-refractivity contribution >= 4 is 11.6 Å². The van der Waals surface area contributed by atoms with Gasteiger partial charge in [-0.05, 0) is 17.7 Å². The minimum absolute atomic E-state index is 0.273. The van der Waals surface area contributed by atoms with Gasteiger partial charge in [0.25, 0.3) is 0 Å². The monoisotopic (exact) mass is 238 g/mol. The van der Waals surface area contributed by atoms with Gasteiger partial charge in [-0.1, -0.05) is 20.8 Å². The number of halogens is 4. The summed E-state index contributed by atoms with van der Waals surface area (Å²) >= 11 is 5.44. The minimum atomic E-state index is -4.49. The first-order chi connectivity index (χ1) is 6.60. The predicted octanol–water partition coefficient (Wildman–Crippen LogP) is 3.45. The molecule has 0 aliphatic carbocycles. The number of hydrogen-bond acceptors (Lipinski definition) is 2. The van der Waals surface area contributed by atoms with E-state index < -0.39 is 17.3 Å². The molecule has 0 aliphatic rings. The Morgan fingerprint density at radius 1 is 1.07 bits per heavy atom. The maximum Gasteiger partial charge on any atom is 0.433 e. The molecule has 0 amide bonds. The lowest BCUT2D eigenvalue weighted by molar-refractivity contribution is -0.141. The molecule has 2 nitrogen and oxygen atoms in total. The maximum atomic E-state index is 12.4. The van der Waals surface area contributed by atoms with Gasteiger partial charge in [-0.2, -0.15) is 13.2 Å². The van der Waals surface area contributed by atoms with E-state index in [0.717, 1.165) is 6.07 Å². The van der Waals surface area contributed by atoms with Crippen molar-refractivity contribution in [3.8, 4) is 0 Å². The molecule has 84 valence electrons. The number of rotatable bonds is 0. The van der Waals surface area contributed by atoms with Crippen molar-refractivity contribution in [2.45, 2.75) is 32.4 Å². The molecule has 0 saturated heterocycles. The molecule has 1 aromatic rings. The average Bonchev–Trinajstić information content (AvgIpc) is 1.99. The Hall–Kier alpha value is -0.840. The molecule has 0 atom stereocenters. The molecule has 0 bridgehead atoms. The Balaban J connectivity index is 3.30. The summed E-state index contributed by atoms with van der Waals surface area (Å²) in [6, 6.07) is 0.922. The molecular formula is C9H10ClF3N2. The Labute approximate surface area is 90.5 Å². The van der Waals surface area contributed by atoms with Gasteiger partial charge < -0.3 is 0 Å². The first kappa shape index (κ1) is 12.2. The fraction of sp³-hybridized carbons (Fsp3) is 0.556. The van der Waals surface area contributed by atoms with E-state index in [9.17, 15) is 13.2 Å². The molecule has 0 spiro atoms. The van der Waals surface area contributed by atoms with Crippen LogP contribution in [-0.4, -0.2) is 9.97 Å². The van der Waals surface area contributed by atoms with E-state index in [1.165, 1.54) is 0 Å². The van der Waals surface area contributed by atoms with Crippen molar-refractivity contribution in [2.75, 3.05) is 0 Å². The summed E-state index contributed by atoms with van der Waals surface area (Å²) in [4.78, 5) is 6.92. The Morgan fingerprint density at radius 2 is 1.53 bits per heavy atom. The molecule has 1 rings (SSSR count). The summed E-state index contributed by atoms with van der Waals surface area (Å²) in [6.45, 7) is 5.27. The summed E-state index contributed by atoms with van der Waals surface area (Å²) in [5.41, 5.74) is -1.23. The lowest BCUT2D eigenvalue weighted by Gasteiger charge is -2.18. The zero-order valence-corrected chi connectivity index (χ0v) is 9.24. The highest BCUT2D eigenvalue weighted by Crippen LogP contribution is 2.31. The van der Waals surface area contributed by atoms with Crippen LogP contribution in [0.2, 0.25) is 5.28 Å². The second kappa shape index (κ2) is 3.63. The normalized spacial score (nSPS) is 13.0. The van der Waals surface area contributed by atoms with Crippen LogP contribution in [0.1, 0.15) is 32.2 Å². The van der Waals surface area contributed by atoms with Crippen molar-refractivity contribution in [3.05, 3.63) is 22.7 Å². The fourth-order valence-electron chi connectivity index (χ4n) is 0.947. The van der Waals surface area contributed by atoms with E-state index in [4.69, 9.17) is 11.6 Å². The predicted molar refractivity (Wildman–Crippen MR) is 50.7 cm³/mol. The van der Waals surface area contributed by atoms with E-state index in [2.05, 4.69) is 9.97 Å². The Kier molecular flexibility index (Phi) is 2.96. The van der Waals surface area contributed by atoms with E-state index in [0.29, 0.717) is 0 Å². The summed E-state index contributed by atoms with van der Waals surface area (Å²) in [6.07, 6.45) is -4.49. The van der Waals surface area contributed by atoms with E-state index in [-0.39, 0.29) is 11.0 Å². The van der Waals surface area contributed by atoms with Gasteiger partial charge in [-0.25, -0.2) is 9.97 Å². The number of nitrogens with zero attached hydrogens (tertiary/aromatic N) is 2. The lowest BCUT2D eigenvalue weighted by atomic mass is 9.91. The molecule has 1 heterocycles. The average molecular weight is 239 g/mol. The summed E-state index contributed by atoms with van der Waals surface area (Å²) < 4.78 is 37.2. The van der Waals surface area contributed by atoms with Gasteiger partial charge in [0.1, 0.15) is 5.69 Å². The maximum absolute atomic E-state index is 12.4. The molecule has 0 unspecified atom stereocenters. The smallest absolute Gasteiger partial charge is 0.222 e. The Bertz CT molecular complexity index is 336.